The van der Waals surface area contributed by atoms with E-state index in [4.69, 9.17) is 0 Å². The van der Waals surface area contributed by atoms with Gasteiger partial charge in [0.05, 0.1) is 12.1 Å². The van der Waals surface area contributed by atoms with Crippen molar-refractivity contribution in [1.82, 2.24) is 15.2 Å². The number of hydrogen-bond acceptors (Lipinski definition) is 4. The molecule has 1 aliphatic rings. The van der Waals surface area contributed by atoms with Crippen molar-refractivity contribution in [2.45, 2.75) is 73.5 Å². The van der Waals surface area contributed by atoms with Crippen molar-refractivity contribution in [2.24, 2.45) is 0 Å². The third kappa shape index (κ3) is 7.54. The zero-order valence-corrected chi connectivity index (χ0v) is 22.2. The van der Waals surface area contributed by atoms with Crippen LogP contribution in [0, 0.1) is 20.8 Å². The van der Waals surface area contributed by atoms with Gasteiger partial charge in [0.25, 0.3) is 11.5 Å². The summed E-state index contributed by atoms with van der Waals surface area (Å²) in [5.41, 5.74) is 5.67. The fraction of sp³-hybridized carbons (Fsp3) is 0.538. The normalized spacial score (nSPS) is 14.4. The zero-order valence-electron chi connectivity index (χ0n) is 21.4. The highest BCUT2D eigenvalue weighted by Crippen LogP contribution is 2.36. The molecule has 3 heterocycles. The van der Waals surface area contributed by atoms with Crippen molar-refractivity contribution in [3.8, 4) is 0 Å². The molecule has 0 radical (unpaired) electrons. The largest absolute Gasteiger partial charge is 0.401 e. The number of allylic oxidation sites excluding steroid dienone is 1. The summed E-state index contributed by atoms with van der Waals surface area (Å²) in [6, 6.07) is 1.87. The van der Waals surface area contributed by atoms with Crippen LogP contribution in [-0.4, -0.2) is 41.6 Å². The number of aromatic nitrogens is 1. The van der Waals surface area contributed by atoms with Gasteiger partial charge in [-0.05, 0) is 62.8 Å². The number of amides is 1. The third-order valence-electron chi connectivity index (χ3n) is 6.12. The average Bonchev–Trinajstić information content (AvgIpc) is 3.16. The Morgan fingerprint density at radius 2 is 1.80 bits per heavy atom. The summed E-state index contributed by atoms with van der Waals surface area (Å²) in [5.74, 6) is -0.241. The Kier molecular flexibility index (Phi) is 10.3. The van der Waals surface area contributed by atoms with Gasteiger partial charge in [-0.1, -0.05) is 26.3 Å². The second kappa shape index (κ2) is 12.5. The summed E-state index contributed by atoms with van der Waals surface area (Å²) in [6.45, 7) is 11.6. The van der Waals surface area contributed by atoms with Gasteiger partial charge in [0.1, 0.15) is 0 Å². The molecule has 1 fully saturated rings. The molecular weight excluding hydrogens is 475 g/mol. The Morgan fingerprint density at radius 1 is 1.17 bits per heavy atom. The number of aromatic amines is 1. The van der Waals surface area contributed by atoms with Crippen molar-refractivity contribution >= 4 is 22.8 Å². The SMILES string of the molecule is CC.CCC(=C1CCN(CC(F)(F)F)CC1)c1scc(C(=O)NCc2c(C)cc(C)[nH]c2=O)c1C. The molecule has 2 aromatic rings. The minimum absolute atomic E-state index is 0.141. The van der Waals surface area contributed by atoms with E-state index in [1.807, 2.05) is 53.0 Å². The number of H-pyrrole nitrogens is 1. The van der Waals surface area contributed by atoms with E-state index in [1.165, 1.54) is 21.8 Å². The summed E-state index contributed by atoms with van der Waals surface area (Å²) in [7, 11) is 0. The van der Waals surface area contributed by atoms with Crippen LogP contribution in [0.4, 0.5) is 13.2 Å². The van der Waals surface area contributed by atoms with E-state index in [0.717, 1.165) is 33.7 Å². The van der Waals surface area contributed by atoms with E-state index in [2.05, 4.69) is 10.3 Å². The number of carbonyl (C=O) groups is 1. The van der Waals surface area contributed by atoms with Gasteiger partial charge in [-0.2, -0.15) is 13.2 Å². The fourth-order valence-corrected chi connectivity index (χ4v) is 5.65. The molecular formula is C26H36F3N3O2S. The van der Waals surface area contributed by atoms with Crippen LogP contribution in [0.15, 0.2) is 21.8 Å². The lowest BCUT2D eigenvalue weighted by atomic mass is 9.93. The molecule has 3 rings (SSSR count). The molecule has 9 heteroatoms. The first-order chi connectivity index (χ1) is 16.5. The van der Waals surface area contributed by atoms with Crippen molar-refractivity contribution in [2.75, 3.05) is 19.6 Å². The molecule has 1 saturated heterocycles. The Morgan fingerprint density at radius 3 is 2.34 bits per heavy atom. The van der Waals surface area contributed by atoms with Crippen LogP contribution in [0.1, 0.15) is 77.7 Å². The number of piperidine rings is 1. The number of thiophene rings is 1. The smallest absolute Gasteiger partial charge is 0.348 e. The highest BCUT2D eigenvalue weighted by Gasteiger charge is 2.32. The van der Waals surface area contributed by atoms with Crippen molar-refractivity contribution in [3.05, 3.63) is 60.2 Å². The first-order valence-corrected chi connectivity index (χ1v) is 12.9. The molecule has 0 aliphatic carbocycles. The minimum atomic E-state index is -4.18. The number of alkyl halides is 3. The average molecular weight is 512 g/mol. The number of halogens is 3. The second-order valence-electron chi connectivity index (χ2n) is 8.56. The van der Waals surface area contributed by atoms with E-state index in [0.29, 0.717) is 37.1 Å². The standard InChI is InChI=1S/C24H30F3N3O2S.C2H6/c1-5-18(17-6-8-30(9-7-17)13-24(25,26)27)21-16(4)20(12-33-21)22(31)28-11-19-14(2)10-15(3)29-23(19)32;1-2/h10,12H,5-9,11,13H2,1-4H3,(H,28,31)(H,29,32);1-2H3. The topological polar surface area (TPSA) is 65.2 Å². The van der Waals surface area contributed by atoms with E-state index in [1.54, 1.807) is 0 Å². The molecule has 2 N–H and O–H groups in total. The van der Waals surface area contributed by atoms with Crippen LogP contribution in [0.25, 0.3) is 5.57 Å². The molecule has 0 spiro atoms. The third-order valence-corrected chi connectivity index (χ3v) is 7.26. The molecule has 1 amide bonds. The van der Waals surface area contributed by atoms with Crippen molar-refractivity contribution in [1.29, 1.82) is 0 Å². The molecule has 2 aromatic heterocycles. The Bertz CT molecular complexity index is 1110. The maximum Gasteiger partial charge on any atom is 0.401 e. The van der Waals surface area contributed by atoms with Crippen LogP contribution >= 0.6 is 11.3 Å². The maximum absolute atomic E-state index is 12.9. The first kappa shape index (κ1) is 28.8. The number of nitrogens with zero attached hydrogens (tertiary/aromatic N) is 1. The molecule has 0 atom stereocenters. The summed E-state index contributed by atoms with van der Waals surface area (Å²) < 4.78 is 38.0. The van der Waals surface area contributed by atoms with Crippen LogP contribution in [-0.2, 0) is 6.54 Å². The Balaban J connectivity index is 0.00000210. The van der Waals surface area contributed by atoms with Gasteiger partial charge in [0.15, 0.2) is 0 Å². The lowest BCUT2D eigenvalue weighted by Crippen LogP contribution is -2.38. The molecule has 194 valence electrons. The molecule has 1 aliphatic heterocycles. The maximum atomic E-state index is 12.9. The summed E-state index contributed by atoms with van der Waals surface area (Å²) >= 11 is 1.49. The first-order valence-electron chi connectivity index (χ1n) is 12.1. The van der Waals surface area contributed by atoms with Crippen LogP contribution < -0.4 is 10.9 Å². The summed E-state index contributed by atoms with van der Waals surface area (Å²) in [5, 5.41) is 4.67. The predicted octanol–water partition coefficient (Wildman–Crippen LogP) is 6.14. The summed E-state index contributed by atoms with van der Waals surface area (Å²) in [6.07, 6.45) is -2.21. The lowest BCUT2D eigenvalue weighted by Gasteiger charge is -2.30. The lowest BCUT2D eigenvalue weighted by molar-refractivity contribution is -0.146. The van der Waals surface area contributed by atoms with E-state index < -0.39 is 12.7 Å². The van der Waals surface area contributed by atoms with Gasteiger partial charge in [0.2, 0.25) is 0 Å². The Labute approximate surface area is 209 Å². The molecule has 35 heavy (non-hydrogen) atoms. The molecule has 0 saturated carbocycles. The van der Waals surface area contributed by atoms with Crippen LogP contribution in [0.5, 0.6) is 0 Å². The van der Waals surface area contributed by atoms with E-state index in [-0.39, 0.29) is 18.0 Å². The van der Waals surface area contributed by atoms with Gasteiger partial charge in [-0.25, -0.2) is 0 Å². The van der Waals surface area contributed by atoms with Crippen LogP contribution in [0.3, 0.4) is 0 Å². The fourth-order valence-electron chi connectivity index (χ4n) is 4.41. The van der Waals surface area contributed by atoms with Gasteiger partial charge in [-0.15, -0.1) is 11.3 Å². The number of pyridine rings is 1. The predicted molar refractivity (Wildman–Crippen MR) is 137 cm³/mol. The minimum Gasteiger partial charge on any atom is -0.348 e. The van der Waals surface area contributed by atoms with Gasteiger partial charge < -0.3 is 10.3 Å². The Hall–Kier alpha value is -2.39. The molecule has 5 nitrogen and oxygen atoms in total. The number of carbonyl (C=O) groups excluding carboxylic acids is 1. The van der Waals surface area contributed by atoms with Gasteiger partial charge >= 0.3 is 6.18 Å². The highest BCUT2D eigenvalue weighted by atomic mass is 32.1. The highest BCUT2D eigenvalue weighted by molar-refractivity contribution is 7.11. The van der Waals surface area contributed by atoms with Gasteiger partial charge in [0, 0.05) is 41.1 Å². The van der Waals surface area contributed by atoms with E-state index >= 15 is 0 Å². The number of aryl methyl sites for hydroxylation is 2. The zero-order chi connectivity index (χ0) is 26.3. The van der Waals surface area contributed by atoms with Crippen molar-refractivity contribution < 1.29 is 18.0 Å². The number of hydrogen-bond donors (Lipinski definition) is 2. The molecule has 0 aromatic carbocycles. The number of nitrogens with one attached hydrogen (secondary N) is 2. The number of likely N-dealkylation sites (tertiary alicyclic amines) is 1. The van der Waals surface area contributed by atoms with Gasteiger partial charge in [-0.3, -0.25) is 14.5 Å². The number of rotatable bonds is 6. The monoisotopic (exact) mass is 511 g/mol. The summed E-state index contributed by atoms with van der Waals surface area (Å²) in [4.78, 5) is 30.3. The molecule has 0 bridgehead atoms. The molecule has 0 unspecified atom stereocenters. The van der Waals surface area contributed by atoms with Crippen LogP contribution in [0.2, 0.25) is 0 Å². The van der Waals surface area contributed by atoms with E-state index in [9.17, 15) is 22.8 Å². The second-order valence-corrected chi connectivity index (χ2v) is 9.44. The van der Waals surface area contributed by atoms with Crippen molar-refractivity contribution in [3.63, 3.8) is 0 Å². The quantitative estimate of drug-likeness (QED) is 0.490.